The Morgan fingerprint density at radius 3 is 2.75 bits per heavy atom. The Labute approximate surface area is 142 Å². The predicted molar refractivity (Wildman–Crippen MR) is 95.4 cm³/mol. The fourth-order valence-corrected chi connectivity index (χ4v) is 3.30. The monoisotopic (exact) mass is 319 g/mol. The van der Waals surface area contributed by atoms with Crippen molar-refractivity contribution >= 4 is 25.0 Å². The molecule has 0 aromatic heterocycles. The van der Waals surface area contributed by atoms with Gasteiger partial charge in [0.05, 0.1) is 12.2 Å². The van der Waals surface area contributed by atoms with Crippen LogP contribution in [-0.2, 0) is 10.3 Å². The maximum absolute atomic E-state index is 5.98. The third-order valence-corrected chi connectivity index (χ3v) is 4.63. The van der Waals surface area contributed by atoms with Crippen LogP contribution in [0.1, 0.15) is 11.1 Å². The SMILES string of the molecule is [B]c1cccc(C2(c3ccc4c(c3)N(C)CCO4)COC(N)=N2)c1. The summed E-state index contributed by atoms with van der Waals surface area (Å²) in [6, 6.07) is 14.0. The summed E-state index contributed by atoms with van der Waals surface area (Å²) in [5.41, 5.74) is 8.86. The van der Waals surface area contributed by atoms with Gasteiger partial charge in [-0.05, 0) is 23.3 Å². The van der Waals surface area contributed by atoms with E-state index in [0.29, 0.717) is 18.7 Å². The van der Waals surface area contributed by atoms with Crippen LogP contribution in [0.15, 0.2) is 47.5 Å². The lowest BCUT2D eigenvalue weighted by Crippen LogP contribution is -2.31. The minimum absolute atomic E-state index is 0.194. The maximum atomic E-state index is 5.98. The molecule has 0 aliphatic carbocycles. The highest BCUT2D eigenvalue weighted by Gasteiger charge is 2.40. The molecule has 1 unspecified atom stereocenters. The molecule has 2 aliphatic heterocycles. The van der Waals surface area contributed by atoms with Crippen LogP contribution in [0.25, 0.3) is 0 Å². The van der Waals surface area contributed by atoms with Crippen LogP contribution in [0, 0.1) is 0 Å². The molecule has 4 rings (SSSR count). The molecular formula is C18H18BN3O2. The largest absolute Gasteiger partial charge is 0.490 e. The second kappa shape index (κ2) is 5.48. The third-order valence-electron chi connectivity index (χ3n) is 4.63. The Bertz CT molecular complexity index is 824. The van der Waals surface area contributed by atoms with E-state index in [1.165, 1.54) is 0 Å². The Balaban J connectivity index is 1.88. The number of nitrogens with two attached hydrogens (primary N) is 1. The lowest BCUT2D eigenvalue weighted by atomic mass is 9.81. The van der Waals surface area contributed by atoms with Gasteiger partial charge in [0.1, 0.15) is 26.8 Å². The number of ether oxygens (including phenoxy) is 2. The van der Waals surface area contributed by atoms with Gasteiger partial charge in [0.25, 0.3) is 6.02 Å². The average Bonchev–Trinajstić information content (AvgIpc) is 2.98. The van der Waals surface area contributed by atoms with Crippen LogP contribution in [0.2, 0.25) is 0 Å². The fraction of sp³-hybridized carbons (Fsp3) is 0.278. The smallest absolute Gasteiger partial charge is 0.283 e. The van der Waals surface area contributed by atoms with Crippen LogP contribution < -0.4 is 20.8 Å². The van der Waals surface area contributed by atoms with Crippen molar-refractivity contribution in [3.63, 3.8) is 0 Å². The van der Waals surface area contributed by atoms with Gasteiger partial charge in [0, 0.05) is 7.05 Å². The Morgan fingerprint density at radius 2 is 2.00 bits per heavy atom. The van der Waals surface area contributed by atoms with Gasteiger partial charge in [-0.25, -0.2) is 4.99 Å². The number of nitrogens with zero attached hydrogens (tertiary/aromatic N) is 2. The second-order valence-corrected chi connectivity index (χ2v) is 6.18. The molecule has 0 saturated carbocycles. The van der Waals surface area contributed by atoms with E-state index in [9.17, 15) is 0 Å². The number of likely N-dealkylation sites (N-methyl/N-ethyl adjacent to an activating group) is 1. The number of amidine groups is 1. The Hall–Kier alpha value is -2.63. The molecule has 2 heterocycles. The Morgan fingerprint density at radius 1 is 1.17 bits per heavy atom. The van der Waals surface area contributed by atoms with E-state index in [4.69, 9.17) is 23.1 Å². The summed E-state index contributed by atoms with van der Waals surface area (Å²) >= 11 is 0. The first-order valence-electron chi connectivity index (χ1n) is 7.91. The number of hydrogen-bond donors (Lipinski definition) is 1. The lowest BCUT2D eigenvalue weighted by molar-refractivity contribution is 0.278. The van der Waals surface area contributed by atoms with Crippen molar-refractivity contribution in [2.45, 2.75) is 5.54 Å². The molecular weight excluding hydrogens is 301 g/mol. The molecule has 1 atom stereocenters. The minimum atomic E-state index is -0.688. The van der Waals surface area contributed by atoms with Gasteiger partial charge in [0.2, 0.25) is 0 Å². The summed E-state index contributed by atoms with van der Waals surface area (Å²) in [7, 11) is 8.04. The van der Waals surface area contributed by atoms with Crippen LogP contribution in [0.3, 0.4) is 0 Å². The van der Waals surface area contributed by atoms with Crippen molar-refractivity contribution in [3.05, 3.63) is 53.6 Å². The van der Waals surface area contributed by atoms with Crippen molar-refractivity contribution in [3.8, 4) is 5.75 Å². The zero-order valence-corrected chi connectivity index (χ0v) is 13.5. The number of aliphatic imine (C=N–C) groups is 1. The molecule has 0 saturated heterocycles. The topological polar surface area (TPSA) is 60.1 Å². The van der Waals surface area contributed by atoms with E-state index in [2.05, 4.69) is 23.0 Å². The van der Waals surface area contributed by atoms with E-state index >= 15 is 0 Å². The standard InChI is InChI=1S/C18H18BN3O2/c1-22-7-8-23-16-6-5-13(10-15(16)22)18(11-24-17(20)21-18)12-3-2-4-14(19)9-12/h2-6,9-10H,7-8,11H2,1H3,(H2,20,21). The molecule has 2 aromatic rings. The van der Waals surface area contributed by atoms with E-state index < -0.39 is 5.54 Å². The molecule has 0 bridgehead atoms. The number of rotatable bonds is 2. The zero-order valence-electron chi connectivity index (χ0n) is 13.5. The second-order valence-electron chi connectivity index (χ2n) is 6.18. The first-order chi connectivity index (χ1) is 11.6. The number of anilines is 1. The average molecular weight is 319 g/mol. The van der Waals surface area contributed by atoms with Crippen molar-refractivity contribution < 1.29 is 9.47 Å². The highest BCUT2D eigenvalue weighted by molar-refractivity contribution is 6.32. The molecule has 24 heavy (non-hydrogen) atoms. The van der Waals surface area contributed by atoms with Gasteiger partial charge in [0.15, 0.2) is 5.54 Å². The first-order valence-corrected chi connectivity index (χ1v) is 7.91. The summed E-state index contributed by atoms with van der Waals surface area (Å²) in [6.45, 7) is 1.90. The maximum Gasteiger partial charge on any atom is 0.283 e. The molecule has 2 aromatic carbocycles. The van der Waals surface area contributed by atoms with Crippen molar-refractivity contribution in [1.29, 1.82) is 0 Å². The van der Waals surface area contributed by atoms with Gasteiger partial charge in [-0.15, -0.1) is 0 Å². The summed E-state index contributed by atoms with van der Waals surface area (Å²) in [5.74, 6) is 0.881. The third kappa shape index (κ3) is 2.30. The quantitative estimate of drug-likeness (QED) is 0.836. The van der Waals surface area contributed by atoms with Gasteiger partial charge >= 0.3 is 0 Å². The molecule has 2 N–H and O–H groups in total. The molecule has 0 spiro atoms. The van der Waals surface area contributed by atoms with Crippen molar-refractivity contribution in [2.24, 2.45) is 10.7 Å². The molecule has 6 heteroatoms. The van der Waals surface area contributed by atoms with Crippen LogP contribution in [-0.4, -0.2) is 40.7 Å². The van der Waals surface area contributed by atoms with Gasteiger partial charge in [-0.2, -0.15) is 0 Å². The minimum Gasteiger partial charge on any atom is -0.490 e. The lowest BCUT2D eigenvalue weighted by Gasteiger charge is -2.31. The fourth-order valence-electron chi connectivity index (χ4n) is 3.30. The summed E-state index contributed by atoms with van der Waals surface area (Å²) in [5, 5.41) is 0. The number of fused-ring (bicyclic) bond motifs is 1. The molecule has 120 valence electrons. The molecule has 2 aliphatic rings. The van der Waals surface area contributed by atoms with E-state index in [1.54, 1.807) is 0 Å². The normalized spacial score (nSPS) is 22.4. The van der Waals surface area contributed by atoms with Crippen LogP contribution >= 0.6 is 0 Å². The molecule has 0 amide bonds. The van der Waals surface area contributed by atoms with Crippen LogP contribution in [0.4, 0.5) is 5.69 Å². The van der Waals surface area contributed by atoms with Crippen molar-refractivity contribution in [2.75, 3.05) is 31.7 Å². The summed E-state index contributed by atoms with van der Waals surface area (Å²) in [4.78, 5) is 6.81. The Kier molecular flexibility index (Phi) is 3.41. The van der Waals surface area contributed by atoms with Crippen LogP contribution in [0.5, 0.6) is 5.75 Å². The first kappa shape index (κ1) is 14.9. The zero-order chi connectivity index (χ0) is 16.7. The highest BCUT2D eigenvalue weighted by atomic mass is 16.5. The van der Waals surface area contributed by atoms with E-state index in [0.717, 1.165) is 29.1 Å². The van der Waals surface area contributed by atoms with E-state index in [1.807, 2.05) is 36.4 Å². The predicted octanol–water partition coefficient (Wildman–Crippen LogP) is 0.897. The van der Waals surface area contributed by atoms with Gasteiger partial charge in [-0.1, -0.05) is 35.8 Å². The summed E-state index contributed by atoms with van der Waals surface area (Å²) in [6.07, 6.45) is 0. The van der Waals surface area contributed by atoms with E-state index in [-0.39, 0.29) is 6.02 Å². The summed E-state index contributed by atoms with van der Waals surface area (Å²) < 4.78 is 11.3. The molecule has 2 radical (unpaired) electrons. The number of benzene rings is 2. The van der Waals surface area contributed by atoms with Gasteiger partial charge in [-0.3, -0.25) is 0 Å². The highest BCUT2D eigenvalue weighted by Crippen LogP contribution is 2.41. The van der Waals surface area contributed by atoms with Crippen molar-refractivity contribution in [1.82, 2.24) is 0 Å². The molecule has 5 nitrogen and oxygen atoms in total. The molecule has 0 fully saturated rings. The number of hydrogen-bond acceptors (Lipinski definition) is 5. The van der Waals surface area contributed by atoms with Gasteiger partial charge < -0.3 is 20.1 Å².